The van der Waals surface area contributed by atoms with Crippen molar-refractivity contribution in [3.63, 3.8) is 0 Å². The van der Waals surface area contributed by atoms with E-state index in [2.05, 4.69) is 44.6 Å². The van der Waals surface area contributed by atoms with Crippen molar-refractivity contribution in [2.45, 2.75) is 24.9 Å². The molecule has 7 heteroatoms. The summed E-state index contributed by atoms with van der Waals surface area (Å²) in [6, 6.07) is 9.00. The number of guanidine groups is 1. The van der Waals surface area contributed by atoms with Gasteiger partial charge in [-0.3, -0.25) is 9.67 Å². The lowest BCUT2D eigenvalue weighted by Gasteiger charge is -2.34. The predicted molar refractivity (Wildman–Crippen MR) is 125 cm³/mol. The largest absolute Gasteiger partial charge is 0.370 e. The number of hydrogen-bond donors (Lipinski definition) is 1. The molecule has 2 aliphatic carbocycles. The van der Waals surface area contributed by atoms with Crippen LogP contribution in [-0.2, 0) is 18.2 Å². The molecule has 0 bridgehead atoms. The number of aryl methyl sites for hydroxylation is 2. The minimum Gasteiger partial charge on any atom is -0.370 e. The van der Waals surface area contributed by atoms with Crippen LogP contribution in [0.4, 0.5) is 0 Å². The normalized spacial score (nSPS) is 28.2. The van der Waals surface area contributed by atoms with Gasteiger partial charge in [0, 0.05) is 38.9 Å². The lowest BCUT2D eigenvalue weighted by Crippen LogP contribution is -2.48. The summed E-state index contributed by atoms with van der Waals surface area (Å²) in [5.41, 5.74) is 4.28. The third-order valence-electron chi connectivity index (χ3n) is 6.66. The molecule has 5 rings (SSSR count). The van der Waals surface area contributed by atoms with Gasteiger partial charge in [0.2, 0.25) is 0 Å². The Hall–Kier alpha value is -1.61. The highest BCUT2D eigenvalue weighted by atomic mass is 127. The van der Waals surface area contributed by atoms with E-state index in [0.717, 1.165) is 48.9 Å². The first kappa shape index (κ1) is 20.7. The zero-order chi connectivity index (χ0) is 19.1. The number of aromatic nitrogens is 2. The summed E-state index contributed by atoms with van der Waals surface area (Å²) in [5.74, 6) is 3.31. The molecular weight excluding hydrogens is 477 g/mol. The second-order valence-electron chi connectivity index (χ2n) is 8.27. The van der Waals surface area contributed by atoms with Crippen molar-refractivity contribution in [3.8, 4) is 0 Å². The summed E-state index contributed by atoms with van der Waals surface area (Å²) >= 11 is 0. The van der Waals surface area contributed by atoms with Gasteiger partial charge in [0.15, 0.2) is 5.96 Å². The van der Waals surface area contributed by atoms with Crippen molar-refractivity contribution in [2.75, 3.05) is 33.3 Å². The Kier molecular flexibility index (Phi) is 6.15. The third-order valence-corrected chi connectivity index (χ3v) is 6.66. The van der Waals surface area contributed by atoms with Crippen molar-refractivity contribution in [2.24, 2.45) is 23.9 Å². The molecule has 4 atom stereocenters. The fraction of sp³-hybridized carbons (Fsp3) is 0.545. The van der Waals surface area contributed by atoms with E-state index in [0.29, 0.717) is 6.61 Å². The van der Waals surface area contributed by atoms with Crippen LogP contribution in [0, 0.1) is 11.8 Å². The van der Waals surface area contributed by atoms with E-state index in [1.165, 1.54) is 12.8 Å². The van der Waals surface area contributed by atoms with Crippen LogP contribution >= 0.6 is 24.0 Å². The molecule has 6 nitrogen and oxygen atoms in total. The van der Waals surface area contributed by atoms with Gasteiger partial charge in [-0.2, -0.15) is 5.10 Å². The Labute approximate surface area is 189 Å². The third kappa shape index (κ3) is 4.03. The number of rotatable bonds is 3. The van der Waals surface area contributed by atoms with Gasteiger partial charge >= 0.3 is 0 Å². The first-order chi connectivity index (χ1) is 13.7. The summed E-state index contributed by atoms with van der Waals surface area (Å²) in [6.07, 6.45) is 6.55. The van der Waals surface area contributed by atoms with Crippen molar-refractivity contribution < 1.29 is 4.74 Å². The number of ether oxygens (including phenoxy) is 1. The molecule has 4 unspecified atom stereocenters. The first-order valence-electron chi connectivity index (χ1n) is 10.4. The van der Waals surface area contributed by atoms with E-state index in [4.69, 9.17) is 4.74 Å². The Bertz CT molecular complexity index is 882. The first-order valence-corrected chi connectivity index (χ1v) is 10.4. The molecule has 0 spiro atoms. The molecule has 156 valence electrons. The van der Waals surface area contributed by atoms with E-state index in [1.807, 2.05) is 31.2 Å². The van der Waals surface area contributed by atoms with E-state index in [1.54, 1.807) is 11.1 Å². The number of nitrogens with one attached hydrogen (secondary N) is 1. The molecule has 1 N–H and O–H groups in total. The molecule has 2 fully saturated rings. The molecule has 1 aromatic heterocycles. The molecule has 1 saturated heterocycles. The Balaban J connectivity index is 0.00000205. The monoisotopic (exact) mass is 507 g/mol. The average molecular weight is 507 g/mol. The fourth-order valence-electron chi connectivity index (χ4n) is 5.18. The van der Waals surface area contributed by atoms with Gasteiger partial charge in [0.05, 0.1) is 19.3 Å². The Morgan fingerprint density at radius 2 is 2.21 bits per heavy atom. The fourth-order valence-corrected chi connectivity index (χ4v) is 5.18. The lowest BCUT2D eigenvalue weighted by atomic mass is 9.92. The lowest BCUT2D eigenvalue weighted by molar-refractivity contribution is -0.00804. The van der Waals surface area contributed by atoms with Gasteiger partial charge in [0.1, 0.15) is 6.10 Å². The predicted octanol–water partition coefficient (Wildman–Crippen LogP) is 2.96. The topological polar surface area (TPSA) is 54.7 Å². The maximum atomic E-state index is 5.98. The van der Waals surface area contributed by atoms with Crippen LogP contribution in [0.1, 0.15) is 35.1 Å². The molecule has 3 aliphatic rings. The summed E-state index contributed by atoms with van der Waals surface area (Å²) in [6.45, 7) is 3.40. The quantitative estimate of drug-likeness (QED) is 0.395. The molecule has 0 amide bonds. The number of halogens is 1. The van der Waals surface area contributed by atoms with Gasteiger partial charge in [-0.25, -0.2) is 0 Å². The van der Waals surface area contributed by atoms with Gasteiger partial charge in [-0.15, -0.1) is 24.0 Å². The number of aliphatic imine (C=N–C) groups is 1. The van der Waals surface area contributed by atoms with Gasteiger partial charge in [0.25, 0.3) is 0 Å². The number of fused-ring (bicyclic) bond motifs is 3. The van der Waals surface area contributed by atoms with Crippen LogP contribution in [0.25, 0.3) is 0 Å². The summed E-state index contributed by atoms with van der Waals surface area (Å²) in [5, 5.41) is 7.95. The highest BCUT2D eigenvalue weighted by Crippen LogP contribution is 2.59. The van der Waals surface area contributed by atoms with Crippen LogP contribution in [0.3, 0.4) is 0 Å². The maximum absolute atomic E-state index is 5.98. The molecule has 2 heterocycles. The Morgan fingerprint density at radius 3 is 3.00 bits per heavy atom. The highest BCUT2D eigenvalue weighted by molar-refractivity contribution is 14.0. The standard InChI is InChI=1S/C22H29N5O.HI/c1-23-22(27-9-10-28-20(14-27)16-11-25-26(2)13-16)24-12-19-18-8-7-15-5-3-4-6-17(15)21(18)19;/h3-6,11,13,18-21H,7-10,12,14H2,1-2H3,(H,23,24);1H. The number of nitrogens with zero attached hydrogens (tertiary/aromatic N) is 4. The summed E-state index contributed by atoms with van der Waals surface area (Å²) in [7, 11) is 3.82. The molecule has 1 aliphatic heterocycles. The smallest absolute Gasteiger partial charge is 0.193 e. The number of morpholine rings is 1. The second kappa shape index (κ2) is 8.63. The zero-order valence-electron chi connectivity index (χ0n) is 17.1. The van der Waals surface area contributed by atoms with Gasteiger partial charge < -0.3 is 15.0 Å². The molecular formula is C22H30IN5O. The highest BCUT2D eigenvalue weighted by Gasteiger charge is 2.52. The van der Waals surface area contributed by atoms with Gasteiger partial charge in [-0.1, -0.05) is 24.3 Å². The average Bonchev–Trinajstić information content (AvgIpc) is 3.28. The van der Waals surface area contributed by atoms with Crippen LogP contribution in [0.15, 0.2) is 41.7 Å². The molecule has 2 aromatic rings. The van der Waals surface area contributed by atoms with Crippen LogP contribution in [0.5, 0.6) is 0 Å². The van der Waals surface area contributed by atoms with Crippen molar-refractivity contribution in [3.05, 3.63) is 53.3 Å². The minimum absolute atomic E-state index is 0. The number of hydrogen-bond acceptors (Lipinski definition) is 3. The van der Waals surface area contributed by atoms with Crippen molar-refractivity contribution in [1.29, 1.82) is 0 Å². The van der Waals surface area contributed by atoms with Crippen molar-refractivity contribution in [1.82, 2.24) is 20.0 Å². The van der Waals surface area contributed by atoms with Crippen molar-refractivity contribution >= 4 is 29.9 Å². The molecule has 29 heavy (non-hydrogen) atoms. The Morgan fingerprint density at radius 1 is 1.34 bits per heavy atom. The SMILES string of the molecule is CN=C(NCC1C2CCc3ccccc3C21)N1CCOC(c2cnn(C)c2)C1.I. The maximum Gasteiger partial charge on any atom is 0.193 e. The molecule has 1 saturated carbocycles. The second-order valence-corrected chi connectivity index (χ2v) is 8.27. The van der Waals surface area contributed by atoms with E-state index < -0.39 is 0 Å². The van der Waals surface area contributed by atoms with E-state index in [9.17, 15) is 0 Å². The number of benzene rings is 1. The van der Waals surface area contributed by atoms with E-state index >= 15 is 0 Å². The van der Waals surface area contributed by atoms with Crippen LogP contribution in [-0.4, -0.2) is 53.9 Å². The van der Waals surface area contributed by atoms with Gasteiger partial charge in [-0.05, 0) is 41.7 Å². The molecule has 0 radical (unpaired) electrons. The summed E-state index contributed by atoms with van der Waals surface area (Å²) in [4.78, 5) is 6.88. The minimum atomic E-state index is 0. The van der Waals surface area contributed by atoms with Crippen LogP contribution in [0.2, 0.25) is 0 Å². The van der Waals surface area contributed by atoms with Crippen LogP contribution < -0.4 is 5.32 Å². The van der Waals surface area contributed by atoms with E-state index in [-0.39, 0.29) is 30.1 Å². The zero-order valence-corrected chi connectivity index (χ0v) is 19.5. The molecule has 1 aromatic carbocycles. The summed E-state index contributed by atoms with van der Waals surface area (Å²) < 4.78 is 7.81.